The van der Waals surface area contributed by atoms with Crippen molar-refractivity contribution in [1.29, 1.82) is 0 Å². The molecule has 1 aromatic heterocycles. The largest absolute Gasteiger partial charge is 0.143 e. The molecule has 1 unspecified atom stereocenters. The van der Waals surface area contributed by atoms with Gasteiger partial charge in [0.2, 0.25) is 0 Å². The van der Waals surface area contributed by atoms with E-state index in [0.717, 1.165) is 17.9 Å². The summed E-state index contributed by atoms with van der Waals surface area (Å²) < 4.78 is 0. The molecule has 0 nitrogen and oxygen atoms in total. The molecule has 1 aromatic rings. The van der Waals surface area contributed by atoms with Crippen molar-refractivity contribution in [1.82, 2.24) is 0 Å². The first-order valence-electron chi connectivity index (χ1n) is 4.35. The second-order valence-corrected chi connectivity index (χ2v) is 5.08. The average molecular weight is 233 g/mol. The van der Waals surface area contributed by atoms with E-state index in [0.29, 0.717) is 0 Å². The van der Waals surface area contributed by atoms with Gasteiger partial charge in [-0.3, -0.25) is 0 Å². The van der Waals surface area contributed by atoms with E-state index in [4.69, 9.17) is 23.2 Å². The highest BCUT2D eigenvalue weighted by atomic mass is 35.5. The summed E-state index contributed by atoms with van der Waals surface area (Å²) in [6.07, 6.45) is 5.52. The minimum absolute atomic E-state index is 0.196. The molecular weight excluding hydrogens is 223 g/mol. The van der Waals surface area contributed by atoms with Gasteiger partial charge in [0.15, 0.2) is 0 Å². The fourth-order valence-electron chi connectivity index (χ4n) is 1.58. The van der Waals surface area contributed by atoms with E-state index in [9.17, 15) is 0 Å². The zero-order valence-corrected chi connectivity index (χ0v) is 9.42. The predicted molar refractivity (Wildman–Crippen MR) is 60.8 cm³/mol. The van der Waals surface area contributed by atoms with Crippen molar-refractivity contribution >= 4 is 40.1 Å². The van der Waals surface area contributed by atoms with E-state index < -0.39 is 0 Å². The second-order valence-electron chi connectivity index (χ2n) is 3.20. The maximum Gasteiger partial charge on any atom is 0.0588 e. The molecule has 1 heterocycles. The monoisotopic (exact) mass is 232 g/mol. The van der Waals surface area contributed by atoms with E-state index in [2.05, 4.69) is 6.08 Å². The Morgan fingerprint density at radius 3 is 2.92 bits per heavy atom. The molecule has 0 fully saturated rings. The summed E-state index contributed by atoms with van der Waals surface area (Å²) in [4.78, 5) is 1.20. The molecule has 3 heteroatoms. The summed E-state index contributed by atoms with van der Waals surface area (Å²) in [6, 6.07) is 1.94. The Morgan fingerprint density at radius 1 is 1.46 bits per heavy atom. The van der Waals surface area contributed by atoms with Gasteiger partial charge in [0.1, 0.15) is 0 Å². The molecule has 0 radical (unpaired) electrons. The normalized spacial score (nSPS) is 22.9. The molecular formula is C10H10Cl2S. The molecule has 0 saturated carbocycles. The first kappa shape index (κ1) is 9.57. The van der Waals surface area contributed by atoms with Gasteiger partial charge in [-0.15, -0.1) is 22.9 Å². The third-order valence-electron chi connectivity index (χ3n) is 2.22. The summed E-state index contributed by atoms with van der Waals surface area (Å²) in [5.41, 5.74) is 1.33. The van der Waals surface area contributed by atoms with Crippen LogP contribution in [0.2, 0.25) is 5.02 Å². The quantitative estimate of drug-likeness (QED) is 0.623. The number of thiophene rings is 1. The number of rotatable bonds is 1. The van der Waals surface area contributed by atoms with Crippen LogP contribution in [0.4, 0.5) is 0 Å². The van der Waals surface area contributed by atoms with Crippen LogP contribution in [0.25, 0.3) is 5.57 Å². The van der Waals surface area contributed by atoms with Crippen molar-refractivity contribution in [3.8, 4) is 0 Å². The highest BCUT2D eigenvalue weighted by molar-refractivity contribution is 7.11. The summed E-state index contributed by atoms with van der Waals surface area (Å²) in [5.74, 6) is 0. The van der Waals surface area contributed by atoms with Crippen LogP contribution in [0, 0.1) is 0 Å². The predicted octanol–water partition coefficient (Wildman–Crippen LogP) is 4.58. The lowest BCUT2D eigenvalue weighted by Gasteiger charge is -2.15. The van der Waals surface area contributed by atoms with Gasteiger partial charge < -0.3 is 0 Å². The van der Waals surface area contributed by atoms with Crippen molar-refractivity contribution in [2.45, 2.75) is 24.6 Å². The zero-order chi connectivity index (χ0) is 9.26. The van der Waals surface area contributed by atoms with Crippen molar-refractivity contribution < 1.29 is 0 Å². The van der Waals surface area contributed by atoms with Gasteiger partial charge in [0.25, 0.3) is 0 Å². The van der Waals surface area contributed by atoms with Crippen molar-refractivity contribution in [3.05, 3.63) is 27.4 Å². The van der Waals surface area contributed by atoms with E-state index in [1.165, 1.54) is 16.9 Å². The molecule has 1 aliphatic carbocycles. The summed E-state index contributed by atoms with van der Waals surface area (Å²) >= 11 is 13.8. The van der Waals surface area contributed by atoms with Crippen LogP contribution in [0.1, 0.15) is 24.1 Å². The SMILES string of the molecule is Clc1ccsc1C1=CC(Cl)CCC1. The van der Waals surface area contributed by atoms with Gasteiger partial charge in [0, 0.05) is 4.88 Å². The fraction of sp³-hybridized carbons (Fsp3) is 0.400. The van der Waals surface area contributed by atoms with Crippen molar-refractivity contribution in [2.75, 3.05) is 0 Å². The Morgan fingerprint density at radius 2 is 2.31 bits per heavy atom. The van der Waals surface area contributed by atoms with Gasteiger partial charge in [0.05, 0.1) is 10.4 Å². The first-order valence-corrected chi connectivity index (χ1v) is 6.05. The highest BCUT2D eigenvalue weighted by Gasteiger charge is 2.15. The second kappa shape index (κ2) is 4.04. The lowest BCUT2D eigenvalue weighted by atomic mass is 9.98. The van der Waals surface area contributed by atoms with E-state index >= 15 is 0 Å². The molecule has 2 rings (SSSR count). The van der Waals surface area contributed by atoms with E-state index in [1.807, 2.05) is 11.4 Å². The van der Waals surface area contributed by atoms with Crippen LogP contribution < -0.4 is 0 Å². The topological polar surface area (TPSA) is 0 Å². The zero-order valence-electron chi connectivity index (χ0n) is 7.09. The van der Waals surface area contributed by atoms with Gasteiger partial charge in [-0.05, 0) is 36.3 Å². The maximum atomic E-state index is 6.07. The Labute approximate surface area is 92.2 Å². The van der Waals surface area contributed by atoms with Gasteiger partial charge in [-0.2, -0.15) is 0 Å². The Kier molecular flexibility index (Phi) is 2.97. The molecule has 0 saturated heterocycles. The lowest BCUT2D eigenvalue weighted by Crippen LogP contribution is -2.01. The van der Waals surface area contributed by atoms with Crippen LogP contribution in [-0.2, 0) is 0 Å². The summed E-state index contributed by atoms with van der Waals surface area (Å²) in [5, 5.41) is 3.08. The minimum Gasteiger partial charge on any atom is -0.143 e. The Hall–Kier alpha value is 0.0200. The highest BCUT2D eigenvalue weighted by Crippen LogP contribution is 2.36. The molecule has 0 amide bonds. The third kappa shape index (κ3) is 2.09. The molecule has 0 aromatic carbocycles. The van der Waals surface area contributed by atoms with E-state index in [1.54, 1.807) is 11.3 Å². The lowest BCUT2D eigenvalue weighted by molar-refractivity contribution is 0.749. The fourth-order valence-corrected chi connectivity index (χ4v) is 3.13. The standard InChI is InChI=1S/C10H10Cl2S/c11-8-3-1-2-7(6-8)10-9(12)4-5-13-10/h4-6,8H,1-3H2. The van der Waals surface area contributed by atoms with Gasteiger partial charge >= 0.3 is 0 Å². The summed E-state index contributed by atoms with van der Waals surface area (Å²) in [7, 11) is 0. The number of hydrogen-bond acceptors (Lipinski definition) is 1. The molecule has 1 atom stereocenters. The number of hydrogen-bond donors (Lipinski definition) is 0. The molecule has 1 aliphatic rings. The molecule has 0 bridgehead atoms. The number of halogens is 2. The van der Waals surface area contributed by atoms with Crippen LogP contribution in [0.5, 0.6) is 0 Å². The smallest absolute Gasteiger partial charge is 0.0588 e. The maximum absolute atomic E-state index is 6.07. The molecule has 70 valence electrons. The Balaban J connectivity index is 2.30. The average Bonchev–Trinajstić information content (AvgIpc) is 2.51. The molecule has 0 spiro atoms. The van der Waals surface area contributed by atoms with E-state index in [-0.39, 0.29) is 5.38 Å². The van der Waals surface area contributed by atoms with Gasteiger partial charge in [-0.1, -0.05) is 17.7 Å². The van der Waals surface area contributed by atoms with Crippen LogP contribution in [0.15, 0.2) is 17.5 Å². The van der Waals surface area contributed by atoms with Crippen LogP contribution >= 0.6 is 34.5 Å². The summed E-state index contributed by atoms with van der Waals surface area (Å²) in [6.45, 7) is 0. The van der Waals surface area contributed by atoms with Crippen LogP contribution in [0.3, 0.4) is 0 Å². The van der Waals surface area contributed by atoms with Crippen LogP contribution in [-0.4, -0.2) is 5.38 Å². The molecule has 0 N–H and O–H groups in total. The van der Waals surface area contributed by atoms with Gasteiger partial charge in [-0.25, -0.2) is 0 Å². The Bertz CT molecular complexity index is 327. The van der Waals surface area contributed by atoms with Crippen molar-refractivity contribution in [2.24, 2.45) is 0 Å². The molecule has 0 aliphatic heterocycles. The first-order chi connectivity index (χ1) is 6.27. The van der Waals surface area contributed by atoms with Crippen molar-refractivity contribution in [3.63, 3.8) is 0 Å². The minimum atomic E-state index is 0.196. The number of allylic oxidation sites excluding steroid dienone is 2. The molecule has 13 heavy (non-hydrogen) atoms. The number of alkyl halides is 1. The third-order valence-corrected chi connectivity index (χ3v) is 3.98.